The van der Waals surface area contributed by atoms with Crippen molar-refractivity contribution in [1.29, 1.82) is 0 Å². The monoisotopic (exact) mass is 756 g/mol. The number of halogens is 2. The first kappa shape index (κ1) is 36.9. The zero-order valence-corrected chi connectivity index (χ0v) is 31.0. The summed E-state index contributed by atoms with van der Waals surface area (Å²) in [5, 5.41) is 25.9. The Kier molecular flexibility index (Phi) is 11.1. The lowest BCUT2D eigenvalue weighted by Gasteiger charge is -2.33. The van der Waals surface area contributed by atoms with Crippen LogP contribution < -0.4 is 10.6 Å². The van der Waals surface area contributed by atoms with Gasteiger partial charge in [0.2, 0.25) is 0 Å². The molecule has 2 unspecified atom stereocenters. The van der Waals surface area contributed by atoms with E-state index >= 15 is 0 Å². The van der Waals surface area contributed by atoms with Gasteiger partial charge < -0.3 is 20.8 Å². The molecule has 2 atom stereocenters. The van der Waals surface area contributed by atoms with E-state index in [4.69, 9.17) is 23.2 Å². The van der Waals surface area contributed by atoms with E-state index in [0.29, 0.717) is 54.5 Å². The predicted molar refractivity (Wildman–Crippen MR) is 205 cm³/mol. The number of benzene rings is 2. The van der Waals surface area contributed by atoms with Crippen LogP contribution in [0.15, 0.2) is 60.9 Å². The molecule has 1 saturated heterocycles. The number of nitrogens with zero attached hydrogens (tertiary/aromatic N) is 4. The van der Waals surface area contributed by atoms with Gasteiger partial charge in [-0.3, -0.25) is 34.2 Å². The van der Waals surface area contributed by atoms with E-state index in [1.54, 1.807) is 55.7 Å². The van der Waals surface area contributed by atoms with Crippen LogP contribution in [0.2, 0.25) is 10.0 Å². The topological polar surface area (TPSA) is 148 Å². The Morgan fingerprint density at radius 1 is 0.868 bits per heavy atom. The maximum atomic E-state index is 13.6. The van der Waals surface area contributed by atoms with Crippen LogP contribution in [0.3, 0.4) is 0 Å². The molecule has 4 aromatic rings. The number of piperidine rings is 1. The first-order valence-corrected chi connectivity index (χ1v) is 18.8. The number of hydrogen-bond acceptors (Lipinski definition) is 8. The van der Waals surface area contributed by atoms with Gasteiger partial charge in [0.15, 0.2) is 0 Å². The Labute approximate surface area is 318 Å². The van der Waals surface area contributed by atoms with Gasteiger partial charge in [0.1, 0.15) is 17.4 Å². The molecule has 2 aromatic carbocycles. The Morgan fingerprint density at radius 2 is 1.51 bits per heavy atom. The fourth-order valence-corrected chi connectivity index (χ4v) is 7.96. The molecule has 276 valence electrons. The normalized spacial score (nSPS) is 18.2. The number of fused-ring (bicyclic) bond motifs is 1. The van der Waals surface area contributed by atoms with Crippen molar-refractivity contribution in [2.24, 2.45) is 0 Å². The summed E-state index contributed by atoms with van der Waals surface area (Å²) in [4.78, 5) is 51.9. The second-order valence-electron chi connectivity index (χ2n) is 14.3. The lowest BCUT2D eigenvalue weighted by Crippen LogP contribution is -2.44. The van der Waals surface area contributed by atoms with Crippen LogP contribution >= 0.6 is 23.2 Å². The number of carboxylic acids is 1. The number of aliphatic hydroxyl groups is 1. The van der Waals surface area contributed by atoms with E-state index in [0.717, 1.165) is 67.4 Å². The molecular weight excluding hydrogens is 715 g/mol. The minimum atomic E-state index is -0.802. The van der Waals surface area contributed by atoms with E-state index in [-0.39, 0.29) is 21.4 Å². The fourth-order valence-electron chi connectivity index (χ4n) is 7.41. The van der Waals surface area contributed by atoms with Crippen LogP contribution in [0.25, 0.3) is 11.1 Å². The lowest BCUT2D eigenvalue weighted by molar-refractivity contribution is -0.144. The second-order valence-corrected chi connectivity index (χ2v) is 15.0. The lowest BCUT2D eigenvalue weighted by atomic mass is 9.99. The van der Waals surface area contributed by atoms with Gasteiger partial charge in [0.25, 0.3) is 11.8 Å². The Balaban J connectivity index is 1.06. The summed E-state index contributed by atoms with van der Waals surface area (Å²) >= 11 is 13.8. The molecule has 0 spiro atoms. The van der Waals surface area contributed by atoms with E-state index in [2.05, 4.69) is 25.5 Å². The summed E-state index contributed by atoms with van der Waals surface area (Å²) in [6.45, 7) is 5.01. The largest absolute Gasteiger partial charge is 0.480 e. The molecule has 3 aliphatic rings. The van der Waals surface area contributed by atoms with Crippen LogP contribution in [-0.4, -0.2) is 79.5 Å². The smallest absolute Gasteiger partial charge is 0.320 e. The predicted octanol–water partition coefficient (Wildman–Crippen LogP) is 7.01. The fraction of sp³-hybridized carbons (Fsp3) is 0.375. The van der Waals surface area contributed by atoms with Crippen LogP contribution in [0.5, 0.6) is 0 Å². The van der Waals surface area contributed by atoms with E-state index in [1.165, 1.54) is 0 Å². The number of anilines is 2. The number of aliphatic hydroxyl groups excluding tert-OH is 1. The van der Waals surface area contributed by atoms with Gasteiger partial charge in [0.05, 0.1) is 27.5 Å². The van der Waals surface area contributed by atoms with Crippen LogP contribution in [0, 0.1) is 0 Å². The molecule has 4 N–H and O–H groups in total. The SMILES string of the molecule is CC(O)CN1CCc2cc(C(=O)Nc3cccc(-c4cccc(NC(=O)c5cc(C6CC6)c(CN6CCCCC6C(=O)O)cn5)c4Cl)c3Cl)ncc2C1. The number of aromatic nitrogens is 2. The number of hydrogen-bond donors (Lipinski definition) is 4. The highest BCUT2D eigenvalue weighted by Crippen LogP contribution is 2.43. The number of likely N-dealkylation sites (tertiary alicyclic amines) is 1. The number of β-amino-alcohol motifs (C(OH)–C–C–N with tert-alkyl or cyclic N) is 1. The molecule has 2 aliphatic heterocycles. The summed E-state index contributed by atoms with van der Waals surface area (Å²) in [5.41, 5.74) is 6.51. The number of nitrogens with one attached hydrogen (secondary N) is 2. The van der Waals surface area contributed by atoms with Crippen molar-refractivity contribution in [1.82, 2.24) is 19.8 Å². The molecule has 0 radical (unpaired) electrons. The Bertz CT molecular complexity index is 2050. The maximum Gasteiger partial charge on any atom is 0.320 e. The molecule has 7 rings (SSSR count). The average molecular weight is 758 g/mol. The average Bonchev–Trinajstić information content (AvgIpc) is 3.99. The van der Waals surface area contributed by atoms with Crippen molar-refractivity contribution < 1.29 is 24.6 Å². The van der Waals surface area contributed by atoms with Crippen LogP contribution in [0.1, 0.15) is 88.2 Å². The third kappa shape index (κ3) is 8.40. The highest BCUT2D eigenvalue weighted by molar-refractivity contribution is 6.40. The van der Waals surface area contributed by atoms with Gasteiger partial charge >= 0.3 is 5.97 Å². The first-order chi connectivity index (χ1) is 25.5. The third-order valence-electron chi connectivity index (χ3n) is 10.3. The molecule has 1 saturated carbocycles. The van der Waals surface area contributed by atoms with Crippen molar-refractivity contribution in [3.05, 3.63) is 105 Å². The molecule has 13 heteroatoms. The second kappa shape index (κ2) is 15.9. The molecule has 2 aromatic heterocycles. The molecule has 4 heterocycles. The molecule has 11 nitrogen and oxygen atoms in total. The highest BCUT2D eigenvalue weighted by atomic mass is 35.5. The summed E-state index contributed by atoms with van der Waals surface area (Å²) in [6, 6.07) is 13.6. The van der Waals surface area contributed by atoms with Gasteiger partial charge in [-0.25, -0.2) is 0 Å². The van der Waals surface area contributed by atoms with E-state index < -0.39 is 29.9 Å². The van der Waals surface area contributed by atoms with E-state index in [9.17, 15) is 24.6 Å². The highest BCUT2D eigenvalue weighted by Gasteiger charge is 2.32. The number of aliphatic carboxylic acids is 1. The van der Waals surface area contributed by atoms with Gasteiger partial charge in [-0.15, -0.1) is 0 Å². The number of rotatable bonds is 11. The number of carbonyl (C=O) groups excluding carboxylic acids is 2. The molecule has 2 fully saturated rings. The quantitative estimate of drug-likeness (QED) is 0.127. The van der Waals surface area contributed by atoms with Gasteiger partial charge in [-0.2, -0.15) is 0 Å². The minimum Gasteiger partial charge on any atom is -0.480 e. The van der Waals surface area contributed by atoms with E-state index in [1.807, 2.05) is 17.0 Å². The zero-order chi connectivity index (χ0) is 37.2. The maximum absolute atomic E-state index is 13.6. The molecule has 53 heavy (non-hydrogen) atoms. The minimum absolute atomic E-state index is 0.251. The van der Waals surface area contributed by atoms with Crippen LogP contribution in [0.4, 0.5) is 11.4 Å². The van der Waals surface area contributed by atoms with Gasteiger partial charge in [-0.1, -0.05) is 53.9 Å². The summed E-state index contributed by atoms with van der Waals surface area (Å²) in [6.07, 6.45) is 8.29. The van der Waals surface area contributed by atoms with Crippen LogP contribution in [-0.2, 0) is 24.3 Å². The van der Waals surface area contributed by atoms with Crippen molar-refractivity contribution >= 4 is 52.4 Å². The van der Waals surface area contributed by atoms with Gasteiger partial charge in [-0.05, 0) is 98.0 Å². The summed E-state index contributed by atoms with van der Waals surface area (Å²) in [5.74, 6) is -1.29. The first-order valence-electron chi connectivity index (χ1n) is 18.1. The molecule has 2 amide bonds. The summed E-state index contributed by atoms with van der Waals surface area (Å²) in [7, 11) is 0. The summed E-state index contributed by atoms with van der Waals surface area (Å²) < 4.78 is 0. The number of amides is 2. The third-order valence-corrected chi connectivity index (χ3v) is 11.1. The van der Waals surface area contributed by atoms with Crippen molar-refractivity contribution in [3.8, 4) is 11.1 Å². The number of carbonyl (C=O) groups is 3. The van der Waals surface area contributed by atoms with Crippen molar-refractivity contribution in [2.45, 2.75) is 76.6 Å². The molecule has 0 bridgehead atoms. The van der Waals surface area contributed by atoms with Gasteiger partial charge in [0, 0.05) is 49.7 Å². The standard InChI is InChI=1S/C40H42Cl2N6O5/c1-23(49)20-47-15-13-25-16-33(43-18-26(25)21-47)38(50)45-31-8-4-6-28(36(31)41)29-7-5-9-32(37(29)42)46-39(51)34-17-30(24-11-12-24)27(19-44-34)22-48-14-3-2-10-35(48)40(52)53/h4-9,16-19,23-24,35,49H,2-3,10-15,20-22H2,1H3,(H,45,50)(H,46,51)(H,52,53). The van der Waals surface area contributed by atoms with Crippen molar-refractivity contribution in [2.75, 3.05) is 30.3 Å². The Hall–Kier alpha value is -4.39. The van der Waals surface area contributed by atoms with Crippen molar-refractivity contribution in [3.63, 3.8) is 0 Å². The zero-order valence-electron chi connectivity index (χ0n) is 29.4. The molecule has 1 aliphatic carbocycles. The number of carboxylic acid groups (broad SMARTS) is 1. The Morgan fingerprint density at radius 3 is 2.13 bits per heavy atom. The number of pyridine rings is 2. The molecular formula is C40H42Cl2N6O5.